The van der Waals surface area contributed by atoms with Gasteiger partial charge in [-0.1, -0.05) is 107 Å². The summed E-state index contributed by atoms with van der Waals surface area (Å²) < 4.78 is 0. The Kier molecular flexibility index (Phi) is 15.1. The fraction of sp³-hybridized carbons (Fsp3) is 1.00. The molecular weight excluding hydrogens is 300 g/mol. The Morgan fingerprint density at radius 3 is 1.76 bits per heavy atom. The van der Waals surface area contributed by atoms with Gasteiger partial charge in [0.1, 0.15) is 0 Å². The molecule has 0 aromatic rings. The maximum Gasteiger partial charge on any atom is -0.0388 e. The summed E-state index contributed by atoms with van der Waals surface area (Å²) in [5.41, 5.74) is 0. The predicted octanol–water partition coefficient (Wildman–Crippen LogP) is 9.13. The van der Waals surface area contributed by atoms with E-state index in [-0.39, 0.29) is 0 Å². The van der Waals surface area contributed by atoms with Crippen molar-refractivity contribution in [3.8, 4) is 0 Å². The largest absolute Gasteiger partial charge is 0.0654 e. The molecule has 0 saturated heterocycles. The summed E-state index contributed by atoms with van der Waals surface area (Å²) in [4.78, 5) is 0. The highest BCUT2D eigenvalue weighted by Crippen LogP contribution is 2.34. The number of rotatable bonds is 16. The van der Waals surface area contributed by atoms with Gasteiger partial charge >= 0.3 is 0 Å². The first-order valence-corrected chi connectivity index (χ1v) is 11.8. The van der Waals surface area contributed by atoms with Crippen LogP contribution in [0.4, 0.5) is 0 Å². The summed E-state index contributed by atoms with van der Waals surface area (Å²) in [5.74, 6) is 5.50. The molecule has 0 aliphatic rings. The lowest BCUT2D eigenvalue weighted by Gasteiger charge is -2.30. The van der Waals surface area contributed by atoms with E-state index in [0.29, 0.717) is 0 Å². The molecule has 0 heterocycles. The molecule has 0 aliphatic carbocycles. The van der Waals surface area contributed by atoms with Crippen LogP contribution in [-0.2, 0) is 0 Å². The standard InChI is InChI=1S/C25H52/c1-9-12-15-24(17-22(8)10-2)18-23(11-3)19-25(21(6)7)16-13-14-20(4)5/h20-25H,9-19H2,1-8H3. The molecule has 0 spiro atoms. The van der Waals surface area contributed by atoms with E-state index in [1.807, 2.05) is 0 Å². The quantitative estimate of drug-likeness (QED) is 0.260. The summed E-state index contributed by atoms with van der Waals surface area (Å²) in [5, 5.41) is 0. The number of hydrogen-bond donors (Lipinski definition) is 0. The molecule has 0 bridgehead atoms. The van der Waals surface area contributed by atoms with Gasteiger partial charge in [0, 0.05) is 0 Å². The van der Waals surface area contributed by atoms with Gasteiger partial charge in [-0.05, 0) is 54.8 Å². The molecule has 4 unspecified atom stereocenters. The average Bonchev–Trinajstić information content (AvgIpc) is 2.56. The molecule has 0 heteroatoms. The van der Waals surface area contributed by atoms with Crippen LogP contribution < -0.4 is 0 Å². The molecule has 0 rings (SSSR count). The van der Waals surface area contributed by atoms with Gasteiger partial charge in [-0.3, -0.25) is 0 Å². The Bertz CT molecular complexity index is 278. The number of unbranched alkanes of at least 4 members (excludes halogenated alkanes) is 1. The van der Waals surface area contributed by atoms with Gasteiger partial charge in [0.25, 0.3) is 0 Å². The maximum absolute atomic E-state index is 2.46. The summed E-state index contributed by atoms with van der Waals surface area (Å²) >= 11 is 0. The highest BCUT2D eigenvalue weighted by Gasteiger charge is 2.22. The van der Waals surface area contributed by atoms with Crippen molar-refractivity contribution in [2.24, 2.45) is 35.5 Å². The van der Waals surface area contributed by atoms with E-state index >= 15 is 0 Å². The summed E-state index contributed by atoms with van der Waals surface area (Å²) in [7, 11) is 0. The maximum atomic E-state index is 2.46. The lowest BCUT2D eigenvalue weighted by molar-refractivity contribution is 0.217. The Balaban J connectivity index is 4.64. The van der Waals surface area contributed by atoms with Gasteiger partial charge in [0.05, 0.1) is 0 Å². The van der Waals surface area contributed by atoms with Crippen molar-refractivity contribution in [2.75, 3.05) is 0 Å². The molecular formula is C25H52. The van der Waals surface area contributed by atoms with Crippen molar-refractivity contribution in [1.29, 1.82) is 0 Å². The lowest BCUT2D eigenvalue weighted by atomic mass is 9.76. The summed E-state index contributed by atoms with van der Waals surface area (Å²) in [6, 6.07) is 0. The smallest absolute Gasteiger partial charge is 0.0388 e. The molecule has 4 atom stereocenters. The zero-order chi connectivity index (χ0) is 19.2. The van der Waals surface area contributed by atoms with Crippen molar-refractivity contribution in [3.63, 3.8) is 0 Å². The van der Waals surface area contributed by atoms with Crippen LogP contribution in [0.15, 0.2) is 0 Å². The first-order chi connectivity index (χ1) is 11.8. The topological polar surface area (TPSA) is 0 Å². The minimum atomic E-state index is 0.852. The van der Waals surface area contributed by atoms with E-state index < -0.39 is 0 Å². The minimum absolute atomic E-state index is 0.852. The zero-order valence-corrected chi connectivity index (χ0v) is 19.2. The van der Waals surface area contributed by atoms with Gasteiger partial charge in [0.2, 0.25) is 0 Å². The monoisotopic (exact) mass is 352 g/mol. The molecule has 0 N–H and O–H groups in total. The molecule has 0 fully saturated rings. The zero-order valence-electron chi connectivity index (χ0n) is 19.2. The van der Waals surface area contributed by atoms with Gasteiger partial charge in [-0.25, -0.2) is 0 Å². The van der Waals surface area contributed by atoms with Crippen LogP contribution in [0.2, 0.25) is 0 Å². The van der Waals surface area contributed by atoms with Gasteiger partial charge in [0.15, 0.2) is 0 Å². The Morgan fingerprint density at radius 2 is 1.28 bits per heavy atom. The Labute approximate surface area is 161 Å². The third-order valence-electron chi connectivity index (χ3n) is 6.58. The van der Waals surface area contributed by atoms with Crippen molar-refractivity contribution in [1.82, 2.24) is 0 Å². The average molecular weight is 353 g/mol. The summed E-state index contributed by atoms with van der Waals surface area (Å²) in [6.07, 6.45) is 15.7. The molecule has 0 aromatic heterocycles. The highest BCUT2D eigenvalue weighted by molar-refractivity contribution is 4.73. The van der Waals surface area contributed by atoms with Crippen LogP contribution in [0.25, 0.3) is 0 Å². The van der Waals surface area contributed by atoms with Crippen LogP contribution in [0.5, 0.6) is 0 Å². The third kappa shape index (κ3) is 12.9. The molecule has 0 saturated carbocycles. The molecule has 0 nitrogen and oxygen atoms in total. The SMILES string of the molecule is CCCCC(CC(C)CC)CC(CC)CC(CCCC(C)C)C(C)C. The Hall–Kier alpha value is 0. The van der Waals surface area contributed by atoms with E-state index in [1.165, 1.54) is 70.6 Å². The fourth-order valence-electron chi connectivity index (χ4n) is 4.40. The van der Waals surface area contributed by atoms with Crippen molar-refractivity contribution in [3.05, 3.63) is 0 Å². The fourth-order valence-corrected chi connectivity index (χ4v) is 4.40. The second kappa shape index (κ2) is 15.1. The molecule has 0 aliphatic heterocycles. The predicted molar refractivity (Wildman–Crippen MR) is 117 cm³/mol. The van der Waals surface area contributed by atoms with E-state index in [9.17, 15) is 0 Å². The number of hydrogen-bond acceptors (Lipinski definition) is 0. The van der Waals surface area contributed by atoms with Gasteiger partial charge in [-0.15, -0.1) is 0 Å². The van der Waals surface area contributed by atoms with E-state index in [4.69, 9.17) is 0 Å². The van der Waals surface area contributed by atoms with Crippen molar-refractivity contribution >= 4 is 0 Å². The molecule has 0 amide bonds. The van der Waals surface area contributed by atoms with Gasteiger partial charge < -0.3 is 0 Å². The van der Waals surface area contributed by atoms with Crippen molar-refractivity contribution < 1.29 is 0 Å². The van der Waals surface area contributed by atoms with Crippen LogP contribution in [-0.4, -0.2) is 0 Å². The minimum Gasteiger partial charge on any atom is -0.0654 e. The Morgan fingerprint density at radius 1 is 0.600 bits per heavy atom. The third-order valence-corrected chi connectivity index (χ3v) is 6.58. The normalized spacial score (nSPS) is 17.0. The molecule has 0 aromatic carbocycles. The second-order valence-corrected chi connectivity index (χ2v) is 9.83. The highest BCUT2D eigenvalue weighted by atomic mass is 14.3. The van der Waals surface area contributed by atoms with E-state index in [1.54, 1.807) is 0 Å². The van der Waals surface area contributed by atoms with E-state index in [0.717, 1.165) is 35.5 Å². The van der Waals surface area contributed by atoms with E-state index in [2.05, 4.69) is 55.4 Å². The van der Waals surface area contributed by atoms with Gasteiger partial charge in [-0.2, -0.15) is 0 Å². The van der Waals surface area contributed by atoms with Crippen LogP contribution in [0.1, 0.15) is 126 Å². The molecule has 0 radical (unpaired) electrons. The lowest BCUT2D eigenvalue weighted by Crippen LogP contribution is -2.18. The van der Waals surface area contributed by atoms with Crippen LogP contribution >= 0.6 is 0 Å². The van der Waals surface area contributed by atoms with Crippen molar-refractivity contribution in [2.45, 2.75) is 126 Å². The molecule has 25 heavy (non-hydrogen) atoms. The first kappa shape index (κ1) is 25.0. The van der Waals surface area contributed by atoms with Crippen LogP contribution in [0, 0.1) is 35.5 Å². The first-order valence-electron chi connectivity index (χ1n) is 11.8. The summed E-state index contributed by atoms with van der Waals surface area (Å²) in [6.45, 7) is 19.3. The van der Waals surface area contributed by atoms with Crippen LogP contribution in [0.3, 0.4) is 0 Å². The molecule has 152 valence electrons. The second-order valence-electron chi connectivity index (χ2n) is 9.83.